The van der Waals surface area contributed by atoms with Gasteiger partial charge < -0.3 is 5.73 Å². The highest BCUT2D eigenvalue weighted by Crippen LogP contribution is 2.34. The van der Waals surface area contributed by atoms with Crippen molar-refractivity contribution in [3.05, 3.63) is 35.4 Å². The molecule has 0 bridgehead atoms. The minimum Gasteiger partial charge on any atom is -0.329 e. The molecule has 1 aromatic rings. The zero-order chi connectivity index (χ0) is 14.8. The molecular weight excluding hydrogens is 258 g/mol. The van der Waals surface area contributed by atoms with Crippen molar-refractivity contribution in [1.29, 1.82) is 0 Å². The quantitative estimate of drug-likeness (QED) is 0.911. The van der Waals surface area contributed by atoms with Crippen LogP contribution in [0.25, 0.3) is 0 Å². The second-order valence-electron chi connectivity index (χ2n) is 6.42. The molecule has 4 heteroatoms. The number of benzene rings is 1. The van der Waals surface area contributed by atoms with Crippen LogP contribution in [0.3, 0.4) is 0 Å². The zero-order valence-corrected chi connectivity index (χ0v) is 12.3. The van der Waals surface area contributed by atoms with Crippen LogP contribution in [0.5, 0.6) is 0 Å². The van der Waals surface area contributed by atoms with Crippen molar-refractivity contribution in [2.45, 2.75) is 39.2 Å². The highest BCUT2D eigenvalue weighted by Gasteiger charge is 2.29. The summed E-state index contributed by atoms with van der Waals surface area (Å²) in [5.74, 6) is 0. The first-order valence-electron chi connectivity index (χ1n) is 7.25. The van der Waals surface area contributed by atoms with Gasteiger partial charge in [-0.2, -0.15) is 0 Å². The van der Waals surface area contributed by atoms with E-state index in [9.17, 15) is 8.78 Å². The smallest absolute Gasteiger partial charge is 0.263 e. The topological polar surface area (TPSA) is 29.3 Å². The molecule has 0 amide bonds. The van der Waals surface area contributed by atoms with E-state index >= 15 is 0 Å². The summed E-state index contributed by atoms with van der Waals surface area (Å²) in [4.78, 5) is 2.33. The number of nitrogens with zero attached hydrogens (tertiary/aromatic N) is 1. The molecule has 2 rings (SSSR count). The molecule has 1 unspecified atom stereocenters. The average molecular weight is 282 g/mol. The summed E-state index contributed by atoms with van der Waals surface area (Å²) in [5, 5.41) is 0. The fraction of sp³-hybridized carbons (Fsp3) is 0.625. The predicted molar refractivity (Wildman–Crippen MR) is 77.8 cm³/mol. The lowest BCUT2D eigenvalue weighted by atomic mass is 9.82. The summed E-state index contributed by atoms with van der Waals surface area (Å²) in [6.07, 6.45) is -0.176. The largest absolute Gasteiger partial charge is 0.329 e. The molecule has 1 heterocycles. The molecule has 0 spiro atoms. The van der Waals surface area contributed by atoms with Crippen molar-refractivity contribution in [2.75, 3.05) is 19.6 Å². The Morgan fingerprint density at radius 2 is 1.80 bits per heavy atom. The Morgan fingerprint density at radius 1 is 1.20 bits per heavy atom. The van der Waals surface area contributed by atoms with Gasteiger partial charge in [0.05, 0.1) is 0 Å². The Kier molecular flexibility index (Phi) is 4.76. The fourth-order valence-electron chi connectivity index (χ4n) is 2.84. The van der Waals surface area contributed by atoms with Gasteiger partial charge in [0.25, 0.3) is 6.43 Å². The summed E-state index contributed by atoms with van der Waals surface area (Å²) in [5.41, 5.74) is 7.26. The first-order chi connectivity index (χ1) is 9.43. The van der Waals surface area contributed by atoms with E-state index in [1.54, 1.807) is 12.1 Å². The lowest BCUT2D eigenvalue weighted by molar-refractivity contribution is 0.0961. The van der Waals surface area contributed by atoms with E-state index in [2.05, 4.69) is 18.7 Å². The Bertz CT molecular complexity index is 436. The van der Waals surface area contributed by atoms with Crippen LogP contribution in [0.1, 0.15) is 50.3 Å². The van der Waals surface area contributed by atoms with Gasteiger partial charge in [-0.25, -0.2) is 8.78 Å². The maximum Gasteiger partial charge on any atom is 0.263 e. The van der Waals surface area contributed by atoms with Crippen molar-refractivity contribution in [1.82, 2.24) is 4.90 Å². The summed E-state index contributed by atoms with van der Waals surface area (Å²) < 4.78 is 25.6. The van der Waals surface area contributed by atoms with Crippen LogP contribution in [-0.2, 0) is 0 Å². The molecule has 1 aromatic carbocycles. The maximum absolute atomic E-state index is 12.8. The monoisotopic (exact) mass is 282 g/mol. The number of halogens is 2. The molecule has 2 N–H and O–H groups in total. The van der Waals surface area contributed by atoms with Gasteiger partial charge in [0.2, 0.25) is 0 Å². The number of rotatable bonds is 4. The van der Waals surface area contributed by atoms with Gasteiger partial charge >= 0.3 is 0 Å². The van der Waals surface area contributed by atoms with E-state index in [0.717, 1.165) is 31.5 Å². The van der Waals surface area contributed by atoms with Crippen molar-refractivity contribution in [2.24, 2.45) is 11.1 Å². The Morgan fingerprint density at radius 3 is 2.35 bits per heavy atom. The molecule has 112 valence electrons. The maximum atomic E-state index is 12.8. The second kappa shape index (κ2) is 6.19. The van der Waals surface area contributed by atoms with Crippen molar-refractivity contribution >= 4 is 0 Å². The molecular formula is C16H24F2N2. The number of likely N-dealkylation sites (tertiary alicyclic amines) is 1. The van der Waals surface area contributed by atoms with Crippen LogP contribution in [0.2, 0.25) is 0 Å². The van der Waals surface area contributed by atoms with Crippen LogP contribution in [0.15, 0.2) is 24.3 Å². The molecule has 0 aliphatic carbocycles. The van der Waals surface area contributed by atoms with Crippen molar-refractivity contribution in [3.63, 3.8) is 0 Å². The van der Waals surface area contributed by atoms with Gasteiger partial charge in [0.1, 0.15) is 0 Å². The molecule has 20 heavy (non-hydrogen) atoms. The summed E-state index contributed by atoms with van der Waals surface area (Å²) in [6, 6.07) is 6.73. The van der Waals surface area contributed by atoms with E-state index < -0.39 is 6.43 Å². The van der Waals surface area contributed by atoms with E-state index in [1.165, 1.54) is 6.07 Å². The number of hydrogen-bond donors (Lipinski definition) is 1. The summed E-state index contributed by atoms with van der Waals surface area (Å²) in [6.45, 7) is 6.98. The normalized spacial score (nSPS) is 21.1. The number of alkyl halides is 2. The van der Waals surface area contributed by atoms with Gasteiger partial charge in [0.15, 0.2) is 0 Å². The lowest BCUT2D eigenvalue weighted by Gasteiger charge is -2.41. The zero-order valence-electron chi connectivity index (χ0n) is 12.3. The lowest BCUT2D eigenvalue weighted by Crippen LogP contribution is -2.42. The molecule has 1 aliphatic rings. The molecule has 1 aliphatic heterocycles. The second-order valence-corrected chi connectivity index (χ2v) is 6.42. The van der Waals surface area contributed by atoms with E-state index in [0.29, 0.717) is 12.0 Å². The highest BCUT2D eigenvalue weighted by atomic mass is 19.3. The summed E-state index contributed by atoms with van der Waals surface area (Å²) >= 11 is 0. The number of hydrogen-bond acceptors (Lipinski definition) is 2. The molecule has 0 radical (unpaired) electrons. The minimum atomic E-state index is -2.42. The molecule has 0 saturated carbocycles. The predicted octanol–water partition coefficient (Wildman–Crippen LogP) is 3.75. The highest BCUT2D eigenvalue weighted by molar-refractivity contribution is 5.27. The van der Waals surface area contributed by atoms with Crippen LogP contribution in [-0.4, -0.2) is 24.5 Å². The first-order valence-corrected chi connectivity index (χ1v) is 7.25. The van der Waals surface area contributed by atoms with Crippen LogP contribution >= 0.6 is 0 Å². The molecule has 0 aromatic heterocycles. The standard InChI is InChI=1S/C16H24F2N2/c1-16(2)6-8-20(9-7-16)14(11-19)12-4-3-5-13(10-12)15(17)18/h3-5,10,14-15H,6-9,11,19H2,1-2H3. The van der Waals surface area contributed by atoms with E-state index in [1.807, 2.05) is 6.07 Å². The van der Waals surface area contributed by atoms with Gasteiger partial charge in [-0.1, -0.05) is 32.0 Å². The molecule has 1 saturated heterocycles. The van der Waals surface area contributed by atoms with Crippen LogP contribution < -0.4 is 5.73 Å². The third-order valence-electron chi connectivity index (χ3n) is 4.36. The summed E-state index contributed by atoms with van der Waals surface area (Å²) in [7, 11) is 0. The third kappa shape index (κ3) is 3.55. The van der Waals surface area contributed by atoms with Gasteiger partial charge in [-0.3, -0.25) is 4.90 Å². The minimum absolute atomic E-state index is 0.0461. The Balaban J connectivity index is 2.14. The van der Waals surface area contributed by atoms with Crippen molar-refractivity contribution < 1.29 is 8.78 Å². The molecule has 1 atom stereocenters. The first kappa shape index (κ1) is 15.4. The van der Waals surface area contributed by atoms with E-state index in [4.69, 9.17) is 5.73 Å². The fourth-order valence-corrected chi connectivity index (χ4v) is 2.84. The van der Waals surface area contributed by atoms with E-state index in [-0.39, 0.29) is 11.6 Å². The van der Waals surface area contributed by atoms with Gasteiger partial charge in [0, 0.05) is 18.2 Å². The Labute approximate surface area is 120 Å². The van der Waals surface area contributed by atoms with Gasteiger partial charge in [-0.15, -0.1) is 0 Å². The van der Waals surface area contributed by atoms with Crippen LogP contribution in [0.4, 0.5) is 8.78 Å². The molecule has 2 nitrogen and oxygen atoms in total. The number of piperidine rings is 1. The number of nitrogens with two attached hydrogens (primary N) is 1. The van der Waals surface area contributed by atoms with Crippen LogP contribution in [0, 0.1) is 5.41 Å². The SMILES string of the molecule is CC1(C)CCN(C(CN)c2cccc(C(F)F)c2)CC1. The van der Waals surface area contributed by atoms with Gasteiger partial charge in [-0.05, 0) is 43.0 Å². The molecule has 1 fully saturated rings. The third-order valence-corrected chi connectivity index (χ3v) is 4.36. The Hall–Kier alpha value is -1.00. The average Bonchev–Trinajstić information content (AvgIpc) is 2.42. The van der Waals surface area contributed by atoms with Crippen molar-refractivity contribution in [3.8, 4) is 0 Å².